The van der Waals surface area contributed by atoms with Gasteiger partial charge >= 0.3 is 0 Å². The molecule has 0 aliphatic rings. The number of nitrogens with zero attached hydrogens (tertiary/aromatic N) is 2. The second kappa shape index (κ2) is 6.42. The van der Waals surface area contributed by atoms with Crippen LogP contribution in [0.2, 0.25) is 0 Å². The van der Waals surface area contributed by atoms with Crippen molar-refractivity contribution in [1.82, 2.24) is 0 Å². The van der Waals surface area contributed by atoms with Crippen LogP contribution < -0.4 is 9.47 Å². The van der Waals surface area contributed by atoms with Crippen molar-refractivity contribution in [1.29, 1.82) is 10.5 Å². The van der Waals surface area contributed by atoms with Crippen molar-refractivity contribution in [3.63, 3.8) is 0 Å². The van der Waals surface area contributed by atoms with Gasteiger partial charge in [-0.1, -0.05) is 6.07 Å². The number of hydrogen-bond acceptors (Lipinski definition) is 5. The average Bonchev–Trinajstić information content (AvgIpc) is 2.55. The minimum atomic E-state index is -0.144. The Labute approximate surface area is 122 Å². The van der Waals surface area contributed by atoms with Crippen LogP contribution >= 0.6 is 0 Å². The monoisotopic (exact) mass is 280 g/mol. The third-order valence-corrected chi connectivity index (χ3v) is 2.86. The normalized spacial score (nSPS) is 9.52. The van der Waals surface area contributed by atoms with Gasteiger partial charge in [-0.3, -0.25) is 0 Å². The van der Waals surface area contributed by atoms with E-state index in [1.807, 2.05) is 12.1 Å². The Morgan fingerprint density at radius 2 is 1.76 bits per heavy atom. The van der Waals surface area contributed by atoms with E-state index in [1.54, 1.807) is 36.4 Å². The molecule has 0 unspecified atom stereocenters. The number of aliphatic hydroxyl groups is 1. The number of benzene rings is 2. The van der Waals surface area contributed by atoms with Gasteiger partial charge < -0.3 is 14.6 Å². The van der Waals surface area contributed by atoms with Crippen LogP contribution in [0.4, 0.5) is 0 Å². The van der Waals surface area contributed by atoms with E-state index < -0.39 is 0 Å². The van der Waals surface area contributed by atoms with E-state index in [4.69, 9.17) is 25.1 Å². The molecule has 0 aliphatic heterocycles. The minimum Gasteiger partial charge on any atom is -0.493 e. The van der Waals surface area contributed by atoms with E-state index in [1.165, 1.54) is 7.11 Å². The SMILES string of the molecule is COc1cc(C#N)ccc1Oc1ccc(CO)cc1C#N. The van der Waals surface area contributed by atoms with Crippen LogP contribution in [0.25, 0.3) is 0 Å². The standard InChI is InChI=1S/C16H12N2O3/c1-20-16-7-11(8-17)2-5-15(16)21-14-4-3-12(10-19)6-13(14)9-18/h2-7,19H,10H2,1H3. The fourth-order valence-electron chi connectivity index (χ4n) is 1.79. The molecule has 2 aromatic carbocycles. The third kappa shape index (κ3) is 3.11. The molecule has 21 heavy (non-hydrogen) atoms. The van der Waals surface area contributed by atoms with Crippen molar-refractivity contribution in [2.24, 2.45) is 0 Å². The van der Waals surface area contributed by atoms with E-state index in [-0.39, 0.29) is 6.61 Å². The molecule has 0 saturated heterocycles. The maximum atomic E-state index is 9.14. The van der Waals surface area contributed by atoms with E-state index in [0.29, 0.717) is 33.9 Å². The van der Waals surface area contributed by atoms with Gasteiger partial charge in [-0.15, -0.1) is 0 Å². The molecule has 1 N–H and O–H groups in total. The van der Waals surface area contributed by atoms with Crippen molar-refractivity contribution in [3.05, 3.63) is 53.1 Å². The molecule has 0 amide bonds. The molecule has 2 aromatic rings. The van der Waals surface area contributed by atoms with Gasteiger partial charge in [-0.25, -0.2) is 0 Å². The summed E-state index contributed by atoms with van der Waals surface area (Å²) in [5.41, 5.74) is 1.40. The Hall–Kier alpha value is -3.02. The van der Waals surface area contributed by atoms with Crippen molar-refractivity contribution in [2.45, 2.75) is 6.61 Å². The van der Waals surface area contributed by atoms with Crippen LogP contribution in [-0.4, -0.2) is 12.2 Å². The van der Waals surface area contributed by atoms with Crippen LogP contribution in [0.1, 0.15) is 16.7 Å². The quantitative estimate of drug-likeness (QED) is 0.930. The van der Waals surface area contributed by atoms with Crippen molar-refractivity contribution in [3.8, 4) is 29.4 Å². The van der Waals surface area contributed by atoms with Gasteiger partial charge in [0.05, 0.1) is 30.9 Å². The Morgan fingerprint density at radius 3 is 2.38 bits per heavy atom. The summed E-state index contributed by atoms with van der Waals surface area (Å²) in [5, 5.41) is 27.1. The summed E-state index contributed by atoms with van der Waals surface area (Å²) in [4.78, 5) is 0. The molecule has 0 atom stereocenters. The number of ether oxygens (including phenoxy) is 2. The smallest absolute Gasteiger partial charge is 0.169 e. The zero-order valence-corrected chi connectivity index (χ0v) is 11.3. The fraction of sp³-hybridized carbons (Fsp3) is 0.125. The number of hydrogen-bond donors (Lipinski definition) is 1. The first-order valence-electron chi connectivity index (χ1n) is 6.11. The molecule has 104 valence electrons. The summed E-state index contributed by atoms with van der Waals surface area (Å²) in [6, 6.07) is 13.7. The molecule has 0 heterocycles. The van der Waals surface area contributed by atoms with Crippen molar-refractivity contribution in [2.75, 3.05) is 7.11 Å². The maximum Gasteiger partial charge on any atom is 0.169 e. The maximum absolute atomic E-state index is 9.14. The van der Waals surface area contributed by atoms with Gasteiger partial charge in [-0.05, 0) is 29.8 Å². The predicted octanol–water partition coefficient (Wildman–Crippen LogP) is 2.72. The summed E-state index contributed by atoms with van der Waals surface area (Å²) >= 11 is 0. The van der Waals surface area contributed by atoms with Gasteiger partial charge in [0, 0.05) is 6.07 Å². The van der Waals surface area contributed by atoms with Gasteiger partial charge in [0.2, 0.25) is 0 Å². The van der Waals surface area contributed by atoms with Crippen LogP contribution in [0.5, 0.6) is 17.2 Å². The second-order valence-corrected chi connectivity index (χ2v) is 4.18. The summed E-state index contributed by atoms with van der Waals surface area (Å²) in [5.74, 6) is 1.17. The highest BCUT2D eigenvalue weighted by molar-refractivity contribution is 5.52. The molecule has 0 saturated carbocycles. The Balaban J connectivity index is 2.39. The third-order valence-electron chi connectivity index (χ3n) is 2.86. The number of aliphatic hydroxyl groups excluding tert-OH is 1. The minimum absolute atomic E-state index is 0.144. The van der Waals surface area contributed by atoms with E-state index in [9.17, 15) is 0 Å². The molecular formula is C16H12N2O3. The van der Waals surface area contributed by atoms with Gasteiger partial charge in [0.15, 0.2) is 11.5 Å². The van der Waals surface area contributed by atoms with Crippen LogP contribution in [-0.2, 0) is 6.61 Å². The summed E-state index contributed by atoms with van der Waals surface area (Å²) in [7, 11) is 1.48. The molecule has 0 bridgehead atoms. The molecule has 0 fully saturated rings. The van der Waals surface area contributed by atoms with E-state index >= 15 is 0 Å². The van der Waals surface area contributed by atoms with E-state index in [2.05, 4.69) is 0 Å². The summed E-state index contributed by atoms with van der Waals surface area (Å²) < 4.78 is 10.9. The van der Waals surface area contributed by atoms with Crippen LogP contribution in [0, 0.1) is 22.7 Å². The summed E-state index contributed by atoms with van der Waals surface area (Å²) in [6.45, 7) is -0.144. The lowest BCUT2D eigenvalue weighted by molar-refractivity contribution is 0.281. The van der Waals surface area contributed by atoms with E-state index in [0.717, 1.165) is 0 Å². The molecule has 5 nitrogen and oxygen atoms in total. The van der Waals surface area contributed by atoms with Gasteiger partial charge in [-0.2, -0.15) is 10.5 Å². The molecule has 5 heteroatoms. The van der Waals surface area contributed by atoms with Crippen molar-refractivity contribution >= 4 is 0 Å². The Morgan fingerprint density at radius 1 is 1.00 bits per heavy atom. The second-order valence-electron chi connectivity index (χ2n) is 4.18. The molecular weight excluding hydrogens is 268 g/mol. The summed E-state index contributed by atoms with van der Waals surface area (Å²) in [6.07, 6.45) is 0. The van der Waals surface area contributed by atoms with Gasteiger partial charge in [0.25, 0.3) is 0 Å². The number of methoxy groups -OCH3 is 1. The van der Waals surface area contributed by atoms with Crippen LogP contribution in [0.3, 0.4) is 0 Å². The largest absolute Gasteiger partial charge is 0.493 e. The topological polar surface area (TPSA) is 86.3 Å². The number of rotatable bonds is 4. The van der Waals surface area contributed by atoms with Gasteiger partial charge in [0.1, 0.15) is 11.8 Å². The van der Waals surface area contributed by atoms with Crippen molar-refractivity contribution < 1.29 is 14.6 Å². The molecule has 0 spiro atoms. The molecule has 0 aliphatic carbocycles. The molecule has 0 radical (unpaired) electrons. The zero-order valence-electron chi connectivity index (χ0n) is 11.3. The lowest BCUT2D eigenvalue weighted by atomic mass is 10.1. The highest BCUT2D eigenvalue weighted by Crippen LogP contribution is 2.33. The fourth-order valence-corrected chi connectivity index (χ4v) is 1.79. The Kier molecular flexibility index (Phi) is 4.40. The predicted molar refractivity (Wildman–Crippen MR) is 74.9 cm³/mol. The zero-order chi connectivity index (χ0) is 15.2. The number of nitriles is 2. The molecule has 0 aromatic heterocycles. The lowest BCUT2D eigenvalue weighted by Crippen LogP contribution is -1.94. The lowest BCUT2D eigenvalue weighted by Gasteiger charge is -2.12. The Bertz CT molecular complexity index is 742. The first-order chi connectivity index (χ1) is 10.2. The highest BCUT2D eigenvalue weighted by atomic mass is 16.5. The van der Waals surface area contributed by atoms with Crippen LogP contribution in [0.15, 0.2) is 36.4 Å². The average molecular weight is 280 g/mol. The molecule has 2 rings (SSSR count). The highest BCUT2D eigenvalue weighted by Gasteiger charge is 2.10. The first-order valence-corrected chi connectivity index (χ1v) is 6.11. The first kappa shape index (κ1) is 14.4.